The molecule has 0 aromatic carbocycles. The van der Waals surface area contributed by atoms with E-state index in [4.69, 9.17) is 18.5 Å². The van der Waals surface area contributed by atoms with Crippen LogP contribution < -0.4 is 4.89 Å². The lowest BCUT2D eigenvalue weighted by Gasteiger charge is -2.28. The number of allylic oxidation sites excluding steroid dienone is 11. The summed E-state index contributed by atoms with van der Waals surface area (Å²) in [6.45, 7) is 3.84. The Balaban J connectivity index is 4.53. The molecule has 1 N–H and O–H groups in total. The highest BCUT2D eigenvalue weighted by molar-refractivity contribution is 7.45. The summed E-state index contributed by atoms with van der Waals surface area (Å²) in [7, 11) is 1.04. The van der Waals surface area contributed by atoms with Crippen molar-refractivity contribution in [1.82, 2.24) is 0 Å². The van der Waals surface area contributed by atoms with Crippen molar-refractivity contribution < 1.29 is 47.2 Å². The zero-order chi connectivity index (χ0) is 45.1. The van der Waals surface area contributed by atoms with Gasteiger partial charge in [0.05, 0.1) is 33.9 Å². The Morgan fingerprint density at radius 3 is 1.57 bits per heavy atom. The van der Waals surface area contributed by atoms with E-state index in [0.29, 0.717) is 17.4 Å². The SMILES string of the molecule is CC/C=C\C/C=C\C/C=C\C/C=C\C/C=C\C=C/C(O)CCC(=O)OC[C@H](COP(=O)([O-])OCC[N+](C)(C)C)OC(=O)CCCCCCCCCCCCCCCCCCC. The zero-order valence-corrected chi connectivity index (χ0v) is 40.1. The number of aliphatic hydroxyl groups excluding tert-OH is 1. The normalized spacial score (nSPS) is 14.7. The van der Waals surface area contributed by atoms with Crippen LogP contribution in [0.15, 0.2) is 72.9 Å². The number of phosphoric acid groups is 1. The van der Waals surface area contributed by atoms with E-state index in [1.54, 1.807) is 12.2 Å². The smallest absolute Gasteiger partial charge is 0.306 e. The number of phosphoric ester groups is 1. The average molecular weight is 878 g/mol. The molecule has 0 amide bonds. The Labute approximate surface area is 372 Å². The maximum atomic E-state index is 12.7. The monoisotopic (exact) mass is 878 g/mol. The minimum absolute atomic E-state index is 0.0686. The fourth-order valence-electron chi connectivity index (χ4n) is 6.12. The molecular weight excluding hydrogens is 790 g/mol. The fraction of sp³-hybridized carbons (Fsp3) is 0.720. The van der Waals surface area contributed by atoms with Crippen LogP contribution in [0.4, 0.5) is 0 Å². The number of rotatable bonds is 42. The van der Waals surface area contributed by atoms with Crippen LogP contribution in [0, 0.1) is 0 Å². The summed E-state index contributed by atoms with van der Waals surface area (Å²) in [5.74, 6) is -1.12. The third kappa shape index (κ3) is 45.3. The summed E-state index contributed by atoms with van der Waals surface area (Å²) in [6, 6.07) is 0. The molecule has 0 aromatic rings. The largest absolute Gasteiger partial charge is 0.756 e. The van der Waals surface area contributed by atoms with E-state index in [2.05, 4.69) is 62.5 Å². The summed E-state index contributed by atoms with van der Waals surface area (Å²) >= 11 is 0. The average Bonchev–Trinajstić information content (AvgIpc) is 3.21. The van der Waals surface area contributed by atoms with Crippen LogP contribution in [-0.2, 0) is 32.7 Å². The van der Waals surface area contributed by atoms with Gasteiger partial charge in [-0.1, -0.05) is 189 Å². The molecule has 0 bridgehead atoms. The summed E-state index contributed by atoms with van der Waals surface area (Å²) < 4.78 is 33.8. The van der Waals surface area contributed by atoms with Gasteiger partial charge in [0.1, 0.15) is 19.8 Å². The molecule has 11 heteroatoms. The van der Waals surface area contributed by atoms with Crippen LogP contribution in [0.5, 0.6) is 0 Å². The molecule has 0 aromatic heterocycles. The maximum Gasteiger partial charge on any atom is 0.306 e. The second-order valence-corrected chi connectivity index (χ2v) is 18.4. The van der Waals surface area contributed by atoms with Gasteiger partial charge in [0.15, 0.2) is 6.10 Å². The molecule has 0 saturated carbocycles. The van der Waals surface area contributed by atoms with Gasteiger partial charge in [-0.25, -0.2) is 0 Å². The van der Waals surface area contributed by atoms with E-state index in [1.807, 2.05) is 33.3 Å². The molecule has 0 aliphatic heterocycles. The maximum absolute atomic E-state index is 12.7. The molecule has 0 aliphatic carbocycles. The summed E-state index contributed by atoms with van der Waals surface area (Å²) in [6.07, 6.45) is 48.3. The minimum atomic E-state index is -4.69. The van der Waals surface area contributed by atoms with Crippen LogP contribution in [0.2, 0.25) is 0 Å². The molecule has 0 aliphatic rings. The lowest BCUT2D eigenvalue weighted by Crippen LogP contribution is -2.37. The number of ether oxygens (including phenoxy) is 2. The fourth-order valence-corrected chi connectivity index (χ4v) is 6.85. The molecule has 10 nitrogen and oxygen atoms in total. The molecule has 0 fully saturated rings. The van der Waals surface area contributed by atoms with Crippen LogP contribution in [0.3, 0.4) is 0 Å². The molecule has 0 spiro atoms. The molecule has 61 heavy (non-hydrogen) atoms. The van der Waals surface area contributed by atoms with Crippen LogP contribution >= 0.6 is 7.82 Å². The first-order valence-electron chi connectivity index (χ1n) is 23.8. The Kier molecular flexibility index (Phi) is 39.7. The van der Waals surface area contributed by atoms with Crippen molar-refractivity contribution in [3.63, 3.8) is 0 Å². The van der Waals surface area contributed by atoms with E-state index in [-0.39, 0.29) is 32.5 Å². The van der Waals surface area contributed by atoms with E-state index < -0.39 is 38.6 Å². The van der Waals surface area contributed by atoms with E-state index >= 15 is 0 Å². The first kappa shape index (κ1) is 58.4. The molecular formula is C50H88NO9P. The summed E-state index contributed by atoms with van der Waals surface area (Å²) in [4.78, 5) is 37.6. The predicted octanol–water partition coefficient (Wildman–Crippen LogP) is 12.1. The predicted molar refractivity (Wildman–Crippen MR) is 251 cm³/mol. The van der Waals surface area contributed by atoms with Crippen LogP contribution in [0.25, 0.3) is 0 Å². The van der Waals surface area contributed by atoms with Crippen molar-refractivity contribution >= 4 is 19.8 Å². The number of likely N-dealkylation sites (N-methyl/N-ethyl adjacent to an activating group) is 1. The summed E-state index contributed by atoms with van der Waals surface area (Å²) in [5.41, 5.74) is 0. The quantitative estimate of drug-likeness (QED) is 0.0159. The summed E-state index contributed by atoms with van der Waals surface area (Å²) in [5, 5.41) is 10.3. The minimum Gasteiger partial charge on any atom is -0.756 e. The highest BCUT2D eigenvalue weighted by Gasteiger charge is 2.22. The number of unbranched alkanes of at least 4 members (excludes halogenated alkanes) is 16. The van der Waals surface area contributed by atoms with Gasteiger partial charge in [-0.2, -0.15) is 0 Å². The van der Waals surface area contributed by atoms with Crippen molar-refractivity contribution in [2.45, 2.75) is 187 Å². The number of carbonyl (C=O) groups is 2. The Morgan fingerprint density at radius 2 is 1.08 bits per heavy atom. The van der Waals surface area contributed by atoms with Crippen molar-refractivity contribution in [3.05, 3.63) is 72.9 Å². The van der Waals surface area contributed by atoms with Gasteiger partial charge >= 0.3 is 11.9 Å². The number of aliphatic hydroxyl groups is 1. The number of carbonyl (C=O) groups excluding carboxylic acids is 2. The first-order valence-corrected chi connectivity index (χ1v) is 25.2. The third-order valence-electron chi connectivity index (χ3n) is 9.86. The second-order valence-electron chi connectivity index (χ2n) is 16.9. The van der Waals surface area contributed by atoms with E-state index in [9.17, 15) is 24.2 Å². The number of hydrogen-bond acceptors (Lipinski definition) is 9. The molecule has 0 saturated heterocycles. The van der Waals surface area contributed by atoms with Gasteiger partial charge in [-0.15, -0.1) is 0 Å². The van der Waals surface area contributed by atoms with E-state index in [1.165, 1.54) is 83.5 Å². The molecule has 352 valence electrons. The number of quaternary nitrogens is 1. The lowest BCUT2D eigenvalue weighted by atomic mass is 10.0. The third-order valence-corrected chi connectivity index (χ3v) is 10.8. The first-order chi connectivity index (χ1) is 29.4. The number of nitrogens with zero attached hydrogens (tertiary/aromatic N) is 1. The van der Waals surface area contributed by atoms with E-state index in [0.717, 1.165) is 51.4 Å². The molecule has 0 heterocycles. The topological polar surface area (TPSA) is 131 Å². The Morgan fingerprint density at radius 1 is 0.607 bits per heavy atom. The Hall–Kier alpha value is -2.59. The molecule has 2 unspecified atom stereocenters. The molecule has 0 radical (unpaired) electrons. The zero-order valence-electron chi connectivity index (χ0n) is 39.2. The van der Waals surface area contributed by atoms with Crippen molar-refractivity contribution in [2.24, 2.45) is 0 Å². The number of esters is 2. The second kappa shape index (κ2) is 41.4. The van der Waals surface area contributed by atoms with Crippen molar-refractivity contribution in [3.8, 4) is 0 Å². The lowest BCUT2D eigenvalue weighted by molar-refractivity contribution is -0.870. The highest BCUT2D eigenvalue weighted by Crippen LogP contribution is 2.38. The standard InChI is InChI=1S/C50H88NO9P/c1-6-8-10-12-14-16-18-20-22-24-26-28-30-32-34-36-38-40-50(54)60-48(46-59-61(55,56)58-44-43-51(3,4)5)45-57-49(53)42-41-47(52)39-37-35-33-31-29-27-25-23-21-19-17-15-13-11-9-7-2/h9,11,15,17,21,23,27,29,33,35,37,39,47-48,52H,6-8,10,12-14,16,18-20,22,24-26,28,30-32,34,36,38,40-46H2,1-5H3/b11-9-,17-15-,23-21-,29-27-,35-33-,39-37-/t47?,48-/m1/s1. The van der Waals surface area contributed by atoms with Gasteiger partial charge in [0, 0.05) is 12.8 Å². The van der Waals surface area contributed by atoms with Crippen LogP contribution in [0.1, 0.15) is 174 Å². The van der Waals surface area contributed by atoms with Gasteiger partial charge in [0.2, 0.25) is 0 Å². The van der Waals surface area contributed by atoms with Crippen molar-refractivity contribution in [2.75, 3.05) is 47.5 Å². The van der Waals surface area contributed by atoms with Gasteiger partial charge in [-0.05, 0) is 44.9 Å². The van der Waals surface area contributed by atoms with Gasteiger partial charge < -0.3 is 33.0 Å². The van der Waals surface area contributed by atoms with Crippen LogP contribution in [-0.4, -0.2) is 81.2 Å². The van der Waals surface area contributed by atoms with Gasteiger partial charge in [-0.3, -0.25) is 14.2 Å². The Bertz CT molecular complexity index is 1280. The molecule has 3 atom stereocenters. The highest BCUT2D eigenvalue weighted by atomic mass is 31.2. The number of hydrogen-bond donors (Lipinski definition) is 1. The van der Waals surface area contributed by atoms with Crippen molar-refractivity contribution in [1.29, 1.82) is 0 Å². The van der Waals surface area contributed by atoms with Gasteiger partial charge in [0.25, 0.3) is 7.82 Å². The molecule has 0 rings (SSSR count).